The Bertz CT molecular complexity index is 449. The van der Waals surface area contributed by atoms with Gasteiger partial charge in [0.05, 0.1) is 22.3 Å². The molecule has 0 aromatic heterocycles. The lowest BCUT2D eigenvalue weighted by atomic mass is 10.3. The molecule has 0 aliphatic carbocycles. The minimum atomic E-state index is -0.693. The number of halogens is 3. The zero-order valence-corrected chi connectivity index (χ0v) is 11.1. The van der Waals surface area contributed by atoms with Crippen molar-refractivity contribution in [3.8, 4) is 0 Å². The van der Waals surface area contributed by atoms with Gasteiger partial charge in [-0.25, -0.2) is 4.79 Å². The summed E-state index contributed by atoms with van der Waals surface area (Å²) in [6.07, 6.45) is 0. The van der Waals surface area contributed by atoms with Crippen LogP contribution in [0.4, 0.5) is 5.69 Å². The second-order valence-electron chi connectivity index (χ2n) is 2.86. The Morgan fingerprint density at radius 1 is 1.41 bits per heavy atom. The van der Waals surface area contributed by atoms with Gasteiger partial charge in [-0.1, -0.05) is 34.8 Å². The van der Waals surface area contributed by atoms with Gasteiger partial charge in [-0.05, 0) is 25.1 Å². The zero-order chi connectivity index (χ0) is 12.8. The van der Waals surface area contributed by atoms with Gasteiger partial charge in [0.15, 0.2) is 0 Å². The number of ether oxygens (including phenoxy) is 1. The molecule has 0 aliphatic rings. The van der Waals surface area contributed by atoms with Crippen LogP contribution in [-0.4, -0.2) is 17.7 Å². The first kappa shape index (κ1) is 14.1. The molecule has 17 heavy (non-hydrogen) atoms. The highest BCUT2D eigenvalue weighted by Gasteiger charge is 2.08. The van der Waals surface area contributed by atoms with Crippen molar-refractivity contribution in [2.45, 2.75) is 6.92 Å². The van der Waals surface area contributed by atoms with Crippen molar-refractivity contribution in [3.05, 3.63) is 28.2 Å². The first-order valence-corrected chi connectivity index (χ1v) is 5.79. The molecule has 1 aromatic carbocycles. The van der Waals surface area contributed by atoms with E-state index in [1.807, 2.05) is 0 Å². The van der Waals surface area contributed by atoms with Crippen LogP contribution >= 0.6 is 34.8 Å². The van der Waals surface area contributed by atoms with Crippen molar-refractivity contribution in [3.63, 3.8) is 0 Å². The van der Waals surface area contributed by atoms with Crippen LogP contribution in [0.1, 0.15) is 6.92 Å². The number of hydrogen-bond donors (Lipinski definition) is 1. The summed E-state index contributed by atoms with van der Waals surface area (Å²) in [5.41, 5.74) is 3.12. The van der Waals surface area contributed by atoms with E-state index < -0.39 is 5.97 Å². The first-order chi connectivity index (χ1) is 8.04. The van der Waals surface area contributed by atoms with E-state index in [1.165, 1.54) is 0 Å². The largest absolute Gasteiger partial charge is 0.461 e. The Hall–Kier alpha value is -0.970. The van der Waals surface area contributed by atoms with Crippen molar-refractivity contribution in [1.82, 2.24) is 0 Å². The number of benzene rings is 1. The summed E-state index contributed by atoms with van der Waals surface area (Å²) < 4.78 is 4.65. The first-order valence-electron chi connectivity index (χ1n) is 4.66. The van der Waals surface area contributed by atoms with E-state index in [-0.39, 0.29) is 11.8 Å². The Morgan fingerprint density at radius 3 is 2.71 bits per heavy atom. The summed E-state index contributed by atoms with van der Waals surface area (Å²) in [6.45, 7) is 1.91. The Morgan fingerprint density at radius 2 is 2.12 bits per heavy atom. The van der Waals surface area contributed by atoms with Gasteiger partial charge < -0.3 is 4.74 Å². The summed E-state index contributed by atoms with van der Waals surface area (Å²) in [6, 6.07) is 4.80. The molecule has 0 radical (unpaired) electrons. The van der Waals surface area contributed by atoms with Crippen molar-refractivity contribution in [2.75, 3.05) is 12.0 Å². The van der Waals surface area contributed by atoms with E-state index in [9.17, 15) is 4.79 Å². The third kappa shape index (κ3) is 4.42. The minimum Gasteiger partial charge on any atom is -0.461 e. The number of carbonyl (C=O) groups excluding carboxylic acids is 1. The van der Waals surface area contributed by atoms with Gasteiger partial charge in [-0.3, -0.25) is 5.43 Å². The number of carbonyl (C=O) groups is 1. The molecule has 1 N–H and O–H groups in total. The molecule has 0 saturated heterocycles. The summed E-state index contributed by atoms with van der Waals surface area (Å²) in [5, 5.41) is 4.15. The summed E-state index contributed by atoms with van der Waals surface area (Å²) >= 11 is 17.1. The fraction of sp³-hybridized carbons (Fsp3) is 0.200. The molecular weight excluding hydrogens is 286 g/mol. The standard InChI is InChI=1S/C10H9Cl3N2O2/c1-2-17-10(16)9(13)15-14-6-3-4-7(11)8(12)5-6/h3-5,14H,2H2,1H3. The normalized spacial score (nSPS) is 11.2. The van der Waals surface area contributed by atoms with E-state index in [4.69, 9.17) is 34.8 Å². The molecule has 1 rings (SSSR count). The Balaban J connectivity index is 2.69. The number of esters is 1. The van der Waals surface area contributed by atoms with Crippen molar-refractivity contribution < 1.29 is 9.53 Å². The van der Waals surface area contributed by atoms with Crippen LogP contribution in [0, 0.1) is 0 Å². The van der Waals surface area contributed by atoms with Gasteiger partial charge in [0.25, 0.3) is 0 Å². The van der Waals surface area contributed by atoms with E-state index >= 15 is 0 Å². The molecule has 4 nitrogen and oxygen atoms in total. The quantitative estimate of drug-likeness (QED) is 0.525. The molecule has 0 unspecified atom stereocenters. The number of hydrogen-bond acceptors (Lipinski definition) is 4. The topological polar surface area (TPSA) is 50.7 Å². The van der Waals surface area contributed by atoms with Crippen molar-refractivity contribution in [1.29, 1.82) is 0 Å². The van der Waals surface area contributed by atoms with Gasteiger partial charge in [-0.15, -0.1) is 0 Å². The highest BCUT2D eigenvalue weighted by atomic mass is 35.5. The van der Waals surface area contributed by atoms with Gasteiger partial charge in [-0.2, -0.15) is 5.10 Å². The SMILES string of the molecule is CCOC(=O)C(Cl)=NNc1ccc(Cl)c(Cl)c1. The van der Waals surface area contributed by atoms with Crippen LogP contribution in [0.25, 0.3) is 0 Å². The van der Waals surface area contributed by atoms with Crippen LogP contribution in [0.2, 0.25) is 10.0 Å². The zero-order valence-electron chi connectivity index (χ0n) is 8.84. The highest BCUT2D eigenvalue weighted by Crippen LogP contribution is 2.24. The van der Waals surface area contributed by atoms with Crippen LogP contribution in [0.5, 0.6) is 0 Å². The van der Waals surface area contributed by atoms with Crippen molar-refractivity contribution >= 4 is 51.6 Å². The number of hydrazone groups is 1. The Labute approximate surface area is 113 Å². The molecule has 0 heterocycles. The smallest absolute Gasteiger partial charge is 0.370 e. The van der Waals surface area contributed by atoms with E-state index in [2.05, 4.69) is 15.3 Å². The fourth-order valence-corrected chi connectivity index (χ4v) is 1.31. The second kappa shape index (κ2) is 6.69. The molecule has 0 aliphatic heterocycles. The maximum Gasteiger partial charge on any atom is 0.370 e. The second-order valence-corrected chi connectivity index (χ2v) is 4.04. The van der Waals surface area contributed by atoms with Crippen LogP contribution in [0.15, 0.2) is 23.3 Å². The summed E-state index contributed by atoms with van der Waals surface area (Å²) in [5.74, 6) is -0.693. The molecule has 1 aromatic rings. The lowest BCUT2D eigenvalue weighted by Crippen LogP contribution is -2.13. The molecule has 7 heteroatoms. The Kier molecular flexibility index (Phi) is 5.55. The minimum absolute atomic E-state index is 0.233. The maximum atomic E-state index is 11.1. The molecule has 0 amide bonds. The van der Waals surface area contributed by atoms with Crippen LogP contribution < -0.4 is 5.43 Å². The number of rotatable bonds is 4. The number of nitrogens with zero attached hydrogens (tertiary/aromatic N) is 1. The lowest BCUT2D eigenvalue weighted by molar-refractivity contribution is -0.134. The number of anilines is 1. The molecule has 0 fully saturated rings. The molecule has 0 bridgehead atoms. The summed E-state index contributed by atoms with van der Waals surface area (Å²) in [7, 11) is 0. The van der Waals surface area contributed by atoms with E-state index in [0.29, 0.717) is 15.7 Å². The molecule has 0 spiro atoms. The monoisotopic (exact) mass is 294 g/mol. The third-order valence-electron chi connectivity index (χ3n) is 1.65. The van der Waals surface area contributed by atoms with Gasteiger partial charge in [0.2, 0.25) is 5.17 Å². The van der Waals surface area contributed by atoms with Crippen LogP contribution in [0.3, 0.4) is 0 Å². The maximum absolute atomic E-state index is 11.1. The lowest BCUT2D eigenvalue weighted by Gasteiger charge is -2.03. The van der Waals surface area contributed by atoms with Crippen molar-refractivity contribution in [2.24, 2.45) is 5.10 Å². The van der Waals surface area contributed by atoms with Gasteiger partial charge in [0.1, 0.15) is 0 Å². The summed E-state index contributed by atoms with van der Waals surface area (Å²) in [4.78, 5) is 11.1. The average Bonchev–Trinajstić information content (AvgIpc) is 2.30. The molecule has 0 saturated carbocycles. The molecule has 0 atom stereocenters. The molecule has 92 valence electrons. The number of nitrogens with one attached hydrogen (secondary N) is 1. The van der Waals surface area contributed by atoms with E-state index in [1.54, 1.807) is 25.1 Å². The average molecular weight is 296 g/mol. The highest BCUT2D eigenvalue weighted by molar-refractivity contribution is 6.82. The van der Waals surface area contributed by atoms with Gasteiger partial charge in [0, 0.05) is 0 Å². The predicted molar refractivity (Wildman–Crippen MR) is 70.0 cm³/mol. The third-order valence-corrected chi connectivity index (χ3v) is 2.62. The van der Waals surface area contributed by atoms with Crippen LogP contribution in [-0.2, 0) is 9.53 Å². The fourth-order valence-electron chi connectivity index (χ4n) is 0.916. The predicted octanol–water partition coefficient (Wildman–Crippen LogP) is 3.52. The van der Waals surface area contributed by atoms with E-state index in [0.717, 1.165) is 0 Å². The van der Waals surface area contributed by atoms with Gasteiger partial charge >= 0.3 is 5.97 Å². The molecular formula is C10H9Cl3N2O2.